The summed E-state index contributed by atoms with van der Waals surface area (Å²) in [6.07, 6.45) is 2.50. The second kappa shape index (κ2) is 8.68. The Kier molecular flexibility index (Phi) is 6.08. The molecule has 0 unspecified atom stereocenters. The Bertz CT molecular complexity index is 779. The van der Waals surface area contributed by atoms with Crippen molar-refractivity contribution in [2.45, 2.75) is 19.3 Å². The zero-order chi connectivity index (χ0) is 19.2. The van der Waals surface area contributed by atoms with Crippen molar-refractivity contribution in [1.82, 2.24) is 10.2 Å². The van der Waals surface area contributed by atoms with E-state index >= 15 is 0 Å². The van der Waals surface area contributed by atoms with Gasteiger partial charge in [0.25, 0.3) is 5.91 Å². The van der Waals surface area contributed by atoms with Gasteiger partial charge in [0.05, 0.1) is 0 Å². The lowest BCUT2D eigenvalue weighted by atomic mass is 9.95. The smallest absolute Gasteiger partial charge is 0.257 e. The predicted molar refractivity (Wildman–Crippen MR) is 107 cm³/mol. The maximum atomic E-state index is 12.4. The molecule has 0 spiro atoms. The van der Waals surface area contributed by atoms with E-state index in [2.05, 4.69) is 22.3 Å². The van der Waals surface area contributed by atoms with Crippen molar-refractivity contribution in [3.8, 4) is 0 Å². The average Bonchev–Trinajstić information content (AvgIpc) is 2.68. The number of hydrogen-bond donors (Lipinski definition) is 3. The van der Waals surface area contributed by atoms with E-state index in [1.807, 2.05) is 12.1 Å². The summed E-state index contributed by atoms with van der Waals surface area (Å²) in [5.74, 6) is -0.670. The van der Waals surface area contributed by atoms with Crippen LogP contribution in [0, 0.1) is 5.92 Å². The van der Waals surface area contributed by atoms with Gasteiger partial charge in [0.1, 0.15) is 0 Å². The molecular weight excluding hydrogens is 340 g/mol. The number of rotatable bonds is 5. The van der Waals surface area contributed by atoms with Gasteiger partial charge in [-0.25, -0.2) is 0 Å². The molecule has 1 aliphatic heterocycles. The van der Waals surface area contributed by atoms with Crippen LogP contribution in [-0.2, 0) is 11.2 Å². The molecule has 27 heavy (non-hydrogen) atoms. The highest BCUT2D eigenvalue weighted by atomic mass is 16.2. The van der Waals surface area contributed by atoms with E-state index in [0.717, 1.165) is 44.6 Å². The fourth-order valence-electron chi connectivity index (χ4n) is 3.31. The quantitative estimate of drug-likeness (QED) is 0.555. The SMILES string of the molecule is Nc1ccc(CCN2CCC(C(=O)NC(=O)c3ccc(N)cc3)CC2)cc1. The van der Waals surface area contributed by atoms with Crippen LogP contribution in [-0.4, -0.2) is 36.3 Å². The van der Waals surface area contributed by atoms with Crippen LogP contribution in [0.15, 0.2) is 48.5 Å². The summed E-state index contributed by atoms with van der Waals surface area (Å²) in [5.41, 5.74) is 14.4. The molecule has 142 valence electrons. The standard InChI is InChI=1S/C21H26N4O2/c22-18-5-1-15(2-6-18)9-12-25-13-10-17(11-14-25)21(27)24-20(26)16-3-7-19(23)8-4-16/h1-8,17H,9-14,22-23H2,(H,24,26,27). The van der Waals surface area contributed by atoms with E-state index in [-0.39, 0.29) is 17.7 Å². The first-order chi connectivity index (χ1) is 13.0. The van der Waals surface area contributed by atoms with Crippen LogP contribution in [0.4, 0.5) is 11.4 Å². The van der Waals surface area contributed by atoms with Crippen LogP contribution in [0.25, 0.3) is 0 Å². The minimum atomic E-state index is -0.370. The van der Waals surface area contributed by atoms with Gasteiger partial charge in [-0.2, -0.15) is 0 Å². The van der Waals surface area contributed by atoms with Gasteiger partial charge >= 0.3 is 0 Å². The average molecular weight is 366 g/mol. The van der Waals surface area contributed by atoms with Crippen molar-refractivity contribution in [3.05, 3.63) is 59.7 Å². The summed E-state index contributed by atoms with van der Waals surface area (Å²) in [4.78, 5) is 26.9. The van der Waals surface area contributed by atoms with Crippen LogP contribution >= 0.6 is 0 Å². The van der Waals surface area contributed by atoms with Crippen molar-refractivity contribution >= 4 is 23.2 Å². The number of carbonyl (C=O) groups is 2. The number of nitrogens with two attached hydrogens (primary N) is 2. The number of carbonyl (C=O) groups excluding carboxylic acids is 2. The third-order valence-corrected chi connectivity index (χ3v) is 5.06. The van der Waals surface area contributed by atoms with Crippen LogP contribution in [0.5, 0.6) is 0 Å². The van der Waals surface area contributed by atoms with Crippen LogP contribution < -0.4 is 16.8 Å². The molecule has 6 heteroatoms. The predicted octanol–water partition coefficient (Wildman–Crippen LogP) is 2.06. The first kappa shape index (κ1) is 18.9. The number of anilines is 2. The molecule has 1 aliphatic rings. The molecule has 2 aromatic rings. The minimum absolute atomic E-state index is 0.115. The summed E-state index contributed by atoms with van der Waals surface area (Å²) in [5, 5.41) is 2.51. The molecule has 3 rings (SSSR count). The number of imide groups is 1. The fourth-order valence-corrected chi connectivity index (χ4v) is 3.31. The van der Waals surface area contributed by atoms with E-state index in [9.17, 15) is 9.59 Å². The lowest BCUT2D eigenvalue weighted by Crippen LogP contribution is -2.42. The summed E-state index contributed by atoms with van der Waals surface area (Å²) in [6.45, 7) is 2.69. The van der Waals surface area contributed by atoms with Crippen molar-refractivity contribution in [1.29, 1.82) is 0 Å². The van der Waals surface area contributed by atoms with Gasteiger partial charge in [0, 0.05) is 29.4 Å². The van der Waals surface area contributed by atoms with E-state index in [4.69, 9.17) is 11.5 Å². The summed E-state index contributed by atoms with van der Waals surface area (Å²) < 4.78 is 0. The Morgan fingerprint density at radius 1 is 0.926 bits per heavy atom. The first-order valence-corrected chi connectivity index (χ1v) is 9.29. The second-order valence-electron chi connectivity index (χ2n) is 7.05. The van der Waals surface area contributed by atoms with Crippen molar-refractivity contribution in [2.24, 2.45) is 5.92 Å². The van der Waals surface area contributed by atoms with Gasteiger partial charge in [-0.15, -0.1) is 0 Å². The number of nitrogen functional groups attached to an aromatic ring is 2. The zero-order valence-electron chi connectivity index (χ0n) is 15.4. The van der Waals surface area contributed by atoms with Gasteiger partial charge in [0.2, 0.25) is 5.91 Å². The van der Waals surface area contributed by atoms with E-state index in [1.165, 1.54) is 5.56 Å². The number of amides is 2. The molecule has 1 fully saturated rings. The van der Waals surface area contributed by atoms with Crippen LogP contribution in [0.2, 0.25) is 0 Å². The Morgan fingerprint density at radius 2 is 1.48 bits per heavy atom. The maximum absolute atomic E-state index is 12.4. The Hall–Kier alpha value is -2.86. The molecule has 1 heterocycles. The molecule has 2 aromatic carbocycles. The van der Waals surface area contributed by atoms with E-state index in [0.29, 0.717) is 11.3 Å². The first-order valence-electron chi connectivity index (χ1n) is 9.29. The van der Waals surface area contributed by atoms with E-state index in [1.54, 1.807) is 24.3 Å². The molecule has 1 saturated heterocycles. The highest BCUT2D eigenvalue weighted by Crippen LogP contribution is 2.18. The molecule has 0 atom stereocenters. The van der Waals surface area contributed by atoms with Crippen LogP contribution in [0.3, 0.4) is 0 Å². The topological polar surface area (TPSA) is 101 Å². The Labute approximate surface area is 159 Å². The highest BCUT2D eigenvalue weighted by Gasteiger charge is 2.26. The molecule has 2 amide bonds. The number of hydrogen-bond acceptors (Lipinski definition) is 5. The van der Waals surface area contributed by atoms with Crippen molar-refractivity contribution in [2.75, 3.05) is 31.1 Å². The van der Waals surface area contributed by atoms with Gasteiger partial charge in [-0.3, -0.25) is 14.9 Å². The maximum Gasteiger partial charge on any atom is 0.257 e. The number of benzene rings is 2. The number of nitrogens with zero attached hydrogens (tertiary/aromatic N) is 1. The highest BCUT2D eigenvalue weighted by molar-refractivity contribution is 6.05. The third-order valence-electron chi connectivity index (χ3n) is 5.06. The Morgan fingerprint density at radius 3 is 2.07 bits per heavy atom. The van der Waals surface area contributed by atoms with Crippen molar-refractivity contribution < 1.29 is 9.59 Å². The largest absolute Gasteiger partial charge is 0.399 e. The van der Waals surface area contributed by atoms with Gasteiger partial charge in [-0.05, 0) is 74.3 Å². The number of nitrogens with one attached hydrogen (secondary N) is 1. The molecule has 6 nitrogen and oxygen atoms in total. The third kappa shape index (κ3) is 5.31. The zero-order valence-corrected chi connectivity index (χ0v) is 15.4. The van der Waals surface area contributed by atoms with Crippen molar-refractivity contribution in [3.63, 3.8) is 0 Å². The van der Waals surface area contributed by atoms with Gasteiger partial charge in [-0.1, -0.05) is 12.1 Å². The molecular formula is C21H26N4O2. The molecule has 0 saturated carbocycles. The molecule has 0 bridgehead atoms. The number of piperidine rings is 1. The lowest BCUT2D eigenvalue weighted by molar-refractivity contribution is -0.125. The summed E-state index contributed by atoms with van der Waals surface area (Å²) in [6, 6.07) is 14.5. The Balaban J connectivity index is 1.42. The fraction of sp³-hybridized carbons (Fsp3) is 0.333. The van der Waals surface area contributed by atoms with Gasteiger partial charge < -0.3 is 16.4 Å². The molecule has 0 aliphatic carbocycles. The summed E-state index contributed by atoms with van der Waals surface area (Å²) >= 11 is 0. The summed E-state index contributed by atoms with van der Waals surface area (Å²) in [7, 11) is 0. The normalized spacial score (nSPS) is 15.4. The molecule has 5 N–H and O–H groups in total. The molecule has 0 radical (unpaired) electrons. The lowest BCUT2D eigenvalue weighted by Gasteiger charge is -2.31. The van der Waals surface area contributed by atoms with Gasteiger partial charge in [0.15, 0.2) is 0 Å². The van der Waals surface area contributed by atoms with E-state index < -0.39 is 0 Å². The number of likely N-dealkylation sites (tertiary alicyclic amines) is 1. The molecule has 0 aromatic heterocycles. The monoisotopic (exact) mass is 366 g/mol. The second-order valence-corrected chi connectivity index (χ2v) is 7.05. The minimum Gasteiger partial charge on any atom is -0.399 e. The van der Waals surface area contributed by atoms with Crippen LogP contribution in [0.1, 0.15) is 28.8 Å².